The van der Waals surface area contributed by atoms with Crippen LogP contribution in [0.3, 0.4) is 0 Å². The topological polar surface area (TPSA) is 93.7 Å². The van der Waals surface area contributed by atoms with Crippen molar-refractivity contribution in [1.82, 2.24) is 10.6 Å². The van der Waals surface area contributed by atoms with E-state index in [0.717, 1.165) is 17.5 Å². The zero-order valence-corrected chi connectivity index (χ0v) is 22.5. The number of hydrogen-bond donors (Lipinski definition) is 2. The van der Waals surface area contributed by atoms with Gasteiger partial charge in [-0.3, -0.25) is 9.59 Å². The van der Waals surface area contributed by atoms with E-state index in [1.54, 1.807) is 0 Å². The van der Waals surface area contributed by atoms with Crippen molar-refractivity contribution in [1.29, 1.82) is 0 Å². The Morgan fingerprint density at radius 2 is 1.51 bits per heavy atom. The lowest BCUT2D eigenvalue weighted by Gasteiger charge is -2.20. The molecular formula is C30H40N2O5. The molecule has 1 aliphatic rings. The molecule has 0 saturated carbocycles. The lowest BCUT2D eigenvalue weighted by atomic mass is 9.96. The van der Waals surface area contributed by atoms with E-state index in [0.29, 0.717) is 32.4 Å². The number of carbonyl (C=O) groups is 3. The smallest absolute Gasteiger partial charge is 0.407 e. The lowest BCUT2D eigenvalue weighted by molar-refractivity contribution is -0.147. The van der Waals surface area contributed by atoms with Crippen LogP contribution < -0.4 is 10.6 Å². The van der Waals surface area contributed by atoms with Gasteiger partial charge in [0.1, 0.15) is 12.2 Å². The summed E-state index contributed by atoms with van der Waals surface area (Å²) in [5.41, 5.74) is 4.12. The molecule has 0 spiro atoms. The van der Waals surface area contributed by atoms with Crippen LogP contribution >= 0.6 is 0 Å². The third kappa shape index (κ3) is 8.34. The first-order valence-electron chi connectivity index (χ1n) is 13.3. The molecule has 0 heterocycles. The molecule has 0 radical (unpaired) electrons. The van der Waals surface area contributed by atoms with Crippen LogP contribution in [0.25, 0.3) is 11.1 Å². The number of hydrogen-bond acceptors (Lipinski definition) is 5. The van der Waals surface area contributed by atoms with Gasteiger partial charge >= 0.3 is 12.1 Å². The highest BCUT2D eigenvalue weighted by atomic mass is 16.6. The first-order chi connectivity index (χ1) is 17.7. The van der Waals surface area contributed by atoms with Gasteiger partial charge in [0.05, 0.1) is 6.42 Å². The predicted octanol–water partition coefficient (Wildman–Crippen LogP) is 5.57. The molecule has 3 rings (SSSR count). The standard InChI is InChI=1S/C30H40N2O5/c1-5-17-31-28(34)21(12-10-11-18-32-29(35)37-30(2,3)4)19-27(33)36-20-26-24-15-8-6-13-22(24)23-14-7-9-16-25(23)26/h6-9,13-16,21,26H,5,10-12,17-20H2,1-4H3,(H,31,34)(H,32,35)/t21-/m1/s1. The molecule has 1 aliphatic carbocycles. The van der Waals surface area contributed by atoms with Crippen LogP contribution in [0.1, 0.15) is 76.8 Å². The number of rotatable bonds is 12. The number of amides is 2. The van der Waals surface area contributed by atoms with E-state index in [2.05, 4.69) is 34.9 Å². The largest absolute Gasteiger partial charge is 0.465 e. The van der Waals surface area contributed by atoms with Gasteiger partial charge in [-0.25, -0.2) is 4.79 Å². The monoisotopic (exact) mass is 508 g/mol. The molecule has 0 saturated heterocycles. The van der Waals surface area contributed by atoms with Gasteiger partial charge in [0.2, 0.25) is 5.91 Å². The second-order valence-corrected chi connectivity index (χ2v) is 10.5. The van der Waals surface area contributed by atoms with Gasteiger partial charge in [0, 0.05) is 24.9 Å². The van der Waals surface area contributed by atoms with E-state index < -0.39 is 17.6 Å². The van der Waals surface area contributed by atoms with E-state index >= 15 is 0 Å². The highest BCUT2D eigenvalue weighted by molar-refractivity contribution is 5.84. The molecular weight excluding hydrogens is 468 g/mol. The third-order valence-electron chi connectivity index (χ3n) is 6.35. The number of alkyl carbamates (subject to hydrolysis) is 1. The first kappa shape index (κ1) is 28.2. The quantitative estimate of drug-likeness (QED) is 0.289. The van der Waals surface area contributed by atoms with Crippen LogP contribution in [0.15, 0.2) is 48.5 Å². The van der Waals surface area contributed by atoms with Crippen molar-refractivity contribution in [2.75, 3.05) is 19.7 Å². The van der Waals surface area contributed by atoms with Gasteiger partial charge in [0.15, 0.2) is 0 Å². The molecule has 37 heavy (non-hydrogen) atoms. The van der Waals surface area contributed by atoms with Gasteiger partial charge in [-0.2, -0.15) is 0 Å². The summed E-state index contributed by atoms with van der Waals surface area (Å²) in [6, 6.07) is 16.4. The molecule has 7 nitrogen and oxygen atoms in total. The van der Waals surface area contributed by atoms with E-state index in [9.17, 15) is 14.4 Å². The van der Waals surface area contributed by atoms with Crippen molar-refractivity contribution in [2.24, 2.45) is 5.92 Å². The molecule has 2 aromatic carbocycles. The predicted molar refractivity (Wildman–Crippen MR) is 144 cm³/mol. The van der Waals surface area contributed by atoms with Crippen LogP contribution in [-0.2, 0) is 19.1 Å². The van der Waals surface area contributed by atoms with Crippen molar-refractivity contribution in [3.63, 3.8) is 0 Å². The molecule has 2 N–H and O–H groups in total. The van der Waals surface area contributed by atoms with E-state index in [1.165, 1.54) is 11.1 Å². The average molecular weight is 509 g/mol. The van der Waals surface area contributed by atoms with Crippen LogP contribution in [0, 0.1) is 5.92 Å². The van der Waals surface area contributed by atoms with Gasteiger partial charge in [-0.15, -0.1) is 0 Å². The Morgan fingerprint density at radius 1 is 0.892 bits per heavy atom. The fraction of sp³-hybridized carbons (Fsp3) is 0.500. The Bertz CT molecular complexity index is 1030. The summed E-state index contributed by atoms with van der Waals surface area (Å²) in [6.07, 6.45) is 2.31. The normalized spacial score (nSPS) is 13.3. The number of ether oxygens (including phenoxy) is 2. The molecule has 0 bridgehead atoms. The third-order valence-corrected chi connectivity index (χ3v) is 6.35. The average Bonchev–Trinajstić information content (AvgIpc) is 3.17. The first-order valence-corrected chi connectivity index (χ1v) is 13.3. The van der Waals surface area contributed by atoms with Crippen molar-refractivity contribution in [3.8, 4) is 11.1 Å². The molecule has 2 aromatic rings. The van der Waals surface area contributed by atoms with Gasteiger partial charge < -0.3 is 20.1 Å². The fourth-order valence-corrected chi connectivity index (χ4v) is 4.61. The minimum absolute atomic E-state index is 0.0114. The summed E-state index contributed by atoms with van der Waals surface area (Å²) in [6.45, 7) is 8.70. The van der Waals surface area contributed by atoms with Crippen LogP contribution in [0.5, 0.6) is 0 Å². The van der Waals surface area contributed by atoms with Crippen LogP contribution in [0.4, 0.5) is 4.79 Å². The van der Waals surface area contributed by atoms with Crippen molar-refractivity contribution >= 4 is 18.0 Å². The molecule has 0 aliphatic heterocycles. The second kappa shape index (κ2) is 13.3. The van der Waals surface area contributed by atoms with Crippen LogP contribution in [0.2, 0.25) is 0 Å². The summed E-state index contributed by atoms with van der Waals surface area (Å²) in [7, 11) is 0. The SMILES string of the molecule is CCCNC(=O)[C@H](CCCCNC(=O)OC(C)(C)C)CC(=O)OCC1c2ccccc2-c2ccccc21. The second-order valence-electron chi connectivity index (χ2n) is 10.5. The zero-order chi connectivity index (χ0) is 26.8. The fourth-order valence-electron chi connectivity index (χ4n) is 4.61. The Hall–Kier alpha value is -3.35. The minimum atomic E-state index is -0.546. The molecule has 200 valence electrons. The molecule has 0 aromatic heterocycles. The Kier molecular flexibility index (Phi) is 10.1. The van der Waals surface area contributed by atoms with Crippen molar-refractivity contribution in [3.05, 3.63) is 59.7 Å². The van der Waals surface area contributed by atoms with Gasteiger partial charge in [0.25, 0.3) is 0 Å². The van der Waals surface area contributed by atoms with Gasteiger partial charge in [-0.1, -0.05) is 61.9 Å². The molecule has 1 atom stereocenters. The molecule has 0 unspecified atom stereocenters. The van der Waals surface area contributed by atoms with E-state index in [1.807, 2.05) is 52.0 Å². The van der Waals surface area contributed by atoms with E-state index in [-0.39, 0.29) is 30.8 Å². The zero-order valence-electron chi connectivity index (χ0n) is 22.5. The number of nitrogens with one attached hydrogen (secondary N) is 2. The minimum Gasteiger partial charge on any atom is -0.465 e. The number of esters is 1. The summed E-state index contributed by atoms with van der Waals surface area (Å²) in [4.78, 5) is 37.4. The maximum Gasteiger partial charge on any atom is 0.407 e. The number of fused-ring (bicyclic) bond motifs is 3. The Morgan fingerprint density at radius 3 is 2.11 bits per heavy atom. The van der Waals surface area contributed by atoms with Gasteiger partial charge in [-0.05, 0) is 62.3 Å². The molecule has 7 heteroatoms. The van der Waals surface area contributed by atoms with Crippen LogP contribution in [-0.4, -0.2) is 43.3 Å². The van der Waals surface area contributed by atoms with Crippen molar-refractivity contribution < 1.29 is 23.9 Å². The summed E-state index contributed by atoms with van der Waals surface area (Å²) in [5.74, 6) is -0.979. The Labute approximate surface area is 220 Å². The molecule has 2 amide bonds. The number of unbranched alkanes of at least 4 members (excludes halogenated alkanes) is 1. The molecule has 0 fully saturated rings. The lowest BCUT2D eigenvalue weighted by Crippen LogP contribution is -2.34. The highest BCUT2D eigenvalue weighted by Gasteiger charge is 2.30. The maximum absolute atomic E-state index is 12.8. The Balaban J connectivity index is 1.52. The summed E-state index contributed by atoms with van der Waals surface area (Å²) in [5, 5.41) is 5.64. The summed E-state index contributed by atoms with van der Waals surface area (Å²) < 4.78 is 11.0. The highest BCUT2D eigenvalue weighted by Crippen LogP contribution is 2.44. The van der Waals surface area contributed by atoms with Crippen molar-refractivity contribution in [2.45, 2.75) is 71.3 Å². The number of benzene rings is 2. The summed E-state index contributed by atoms with van der Waals surface area (Å²) >= 11 is 0. The number of carbonyl (C=O) groups excluding carboxylic acids is 3. The maximum atomic E-state index is 12.8. The van der Waals surface area contributed by atoms with E-state index in [4.69, 9.17) is 9.47 Å².